The van der Waals surface area contributed by atoms with Gasteiger partial charge in [-0.2, -0.15) is 13.2 Å². The van der Waals surface area contributed by atoms with E-state index in [2.05, 4.69) is 4.74 Å². The number of alkyl halides is 3. The van der Waals surface area contributed by atoms with E-state index in [0.717, 1.165) is 12.1 Å². The largest absolute Gasteiger partial charge is 0.493 e. The average molecular weight is 439 g/mol. The zero-order chi connectivity index (χ0) is 22.6. The van der Waals surface area contributed by atoms with E-state index < -0.39 is 23.8 Å². The van der Waals surface area contributed by atoms with Gasteiger partial charge in [0.1, 0.15) is 12.4 Å². The van der Waals surface area contributed by atoms with Crippen molar-refractivity contribution in [2.75, 3.05) is 27.4 Å². The molecule has 1 aliphatic rings. The second-order valence-corrected chi connectivity index (χ2v) is 6.70. The van der Waals surface area contributed by atoms with E-state index in [9.17, 15) is 22.8 Å². The van der Waals surface area contributed by atoms with Crippen LogP contribution in [0.15, 0.2) is 36.4 Å². The van der Waals surface area contributed by atoms with E-state index in [1.165, 1.54) is 25.2 Å². The third-order valence-electron chi connectivity index (χ3n) is 4.62. The molecule has 0 aromatic heterocycles. The van der Waals surface area contributed by atoms with Crippen molar-refractivity contribution in [1.29, 1.82) is 0 Å². The van der Waals surface area contributed by atoms with E-state index >= 15 is 0 Å². The van der Waals surface area contributed by atoms with Crippen molar-refractivity contribution >= 4 is 12.1 Å². The van der Waals surface area contributed by atoms with Gasteiger partial charge in [-0.15, -0.1) is 0 Å². The fraction of sp³-hybridized carbons (Fsp3) is 0.333. The van der Waals surface area contributed by atoms with Crippen LogP contribution in [0.2, 0.25) is 0 Å². The van der Waals surface area contributed by atoms with E-state index in [0.29, 0.717) is 11.3 Å². The first kappa shape index (κ1) is 22.3. The van der Waals surface area contributed by atoms with Crippen molar-refractivity contribution in [2.45, 2.75) is 19.1 Å². The second kappa shape index (κ2) is 9.15. The number of cyclic esters (lactones) is 1. The highest BCUT2D eigenvalue weighted by Crippen LogP contribution is 2.38. The Labute approximate surface area is 176 Å². The summed E-state index contributed by atoms with van der Waals surface area (Å²) >= 11 is 0. The van der Waals surface area contributed by atoms with Crippen LogP contribution in [0.4, 0.5) is 18.0 Å². The minimum atomic E-state index is -4.56. The van der Waals surface area contributed by atoms with Crippen LogP contribution in [-0.2, 0) is 33.4 Å². The summed E-state index contributed by atoms with van der Waals surface area (Å²) in [6.07, 6.45) is -5.19. The topological polar surface area (TPSA) is 74.3 Å². The maximum Gasteiger partial charge on any atom is 0.416 e. The number of carbonyl (C=O) groups is 2. The molecule has 0 spiro atoms. The molecule has 3 rings (SSSR count). The van der Waals surface area contributed by atoms with E-state index in [4.69, 9.17) is 14.2 Å². The number of hydrogen-bond acceptors (Lipinski definition) is 6. The monoisotopic (exact) mass is 439 g/mol. The van der Waals surface area contributed by atoms with E-state index in [1.54, 1.807) is 18.2 Å². The van der Waals surface area contributed by atoms with Gasteiger partial charge in [0.15, 0.2) is 11.5 Å². The molecule has 0 bridgehead atoms. The van der Waals surface area contributed by atoms with E-state index in [1.807, 2.05) is 0 Å². The zero-order valence-corrected chi connectivity index (χ0v) is 16.8. The highest BCUT2D eigenvalue weighted by Gasteiger charge is 2.32. The first-order valence-corrected chi connectivity index (χ1v) is 9.24. The summed E-state index contributed by atoms with van der Waals surface area (Å²) in [4.78, 5) is 24.6. The summed E-state index contributed by atoms with van der Waals surface area (Å²) in [7, 11) is 2.68. The Balaban J connectivity index is 1.96. The predicted molar refractivity (Wildman–Crippen MR) is 102 cm³/mol. The number of esters is 1. The maximum absolute atomic E-state index is 13.2. The van der Waals surface area contributed by atoms with Crippen molar-refractivity contribution in [3.05, 3.63) is 53.1 Å². The Morgan fingerprint density at radius 2 is 1.84 bits per heavy atom. The Bertz CT molecular complexity index is 976. The fourth-order valence-electron chi connectivity index (χ4n) is 3.02. The molecule has 0 radical (unpaired) electrons. The highest BCUT2D eigenvalue weighted by atomic mass is 19.4. The summed E-state index contributed by atoms with van der Waals surface area (Å²) in [5.41, 5.74) is -0.151. The smallest absolute Gasteiger partial charge is 0.416 e. The van der Waals surface area contributed by atoms with Gasteiger partial charge in [-0.05, 0) is 35.9 Å². The van der Waals surface area contributed by atoms with E-state index in [-0.39, 0.29) is 43.2 Å². The lowest BCUT2D eigenvalue weighted by Crippen LogP contribution is -2.24. The van der Waals surface area contributed by atoms with Gasteiger partial charge in [0.05, 0.1) is 39.3 Å². The first-order chi connectivity index (χ1) is 14.7. The number of halogens is 3. The van der Waals surface area contributed by atoms with Crippen molar-refractivity contribution in [1.82, 2.24) is 4.90 Å². The lowest BCUT2D eigenvalue weighted by Gasteiger charge is -2.19. The Morgan fingerprint density at radius 1 is 1.10 bits per heavy atom. The van der Waals surface area contributed by atoms with Gasteiger partial charge in [-0.1, -0.05) is 6.07 Å². The molecule has 1 aliphatic heterocycles. The van der Waals surface area contributed by atoms with Crippen LogP contribution in [0.3, 0.4) is 0 Å². The number of rotatable bonds is 7. The summed E-state index contributed by atoms with van der Waals surface area (Å²) < 4.78 is 60.3. The predicted octanol–water partition coefficient (Wildman–Crippen LogP) is 4.17. The average Bonchev–Trinajstić information content (AvgIpc) is 3.13. The highest BCUT2D eigenvalue weighted by molar-refractivity contribution is 5.73. The Morgan fingerprint density at radius 3 is 2.45 bits per heavy atom. The van der Waals surface area contributed by atoms with Gasteiger partial charge in [-0.3, -0.25) is 4.79 Å². The summed E-state index contributed by atoms with van der Waals surface area (Å²) in [5.74, 6) is 0.175. The number of amides is 1. The minimum Gasteiger partial charge on any atom is -0.493 e. The third kappa shape index (κ3) is 5.39. The second-order valence-electron chi connectivity index (χ2n) is 6.70. The standard InChI is InChI=1S/C21H20F3NO6/c1-28-17-5-3-13(10-19(26)29-2)9-18(17)31-16-6-4-15(21(22,23)24)11-14(16)12-25-7-8-30-20(25)27/h3-6,9,11H,7-8,10,12H2,1-2H3. The Hall–Kier alpha value is -3.43. The fourth-order valence-corrected chi connectivity index (χ4v) is 3.02. The molecule has 1 saturated heterocycles. The van der Waals surface area contributed by atoms with Crippen LogP contribution in [0.5, 0.6) is 17.2 Å². The van der Waals surface area contributed by atoms with Crippen LogP contribution in [0, 0.1) is 0 Å². The molecule has 31 heavy (non-hydrogen) atoms. The van der Waals surface area contributed by atoms with Gasteiger partial charge >= 0.3 is 18.2 Å². The Kier molecular flexibility index (Phi) is 6.57. The molecular weight excluding hydrogens is 419 g/mol. The molecule has 10 heteroatoms. The van der Waals surface area contributed by atoms with Crippen LogP contribution < -0.4 is 9.47 Å². The summed E-state index contributed by atoms with van der Waals surface area (Å²) in [6, 6.07) is 7.79. The first-order valence-electron chi connectivity index (χ1n) is 9.24. The van der Waals surface area contributed by atoms with Crippen molar-refractivity contribution in [3.8, 4) is 17.2 Å². The quantitative estimate of drug-likeness (QED) is 0.603. The molecule has 0 saturated carbocycles. The number of carbonyl (C=O) groups excluding carboxylic acids is 2. The van der Waals surface area contributed by atoms with Crippen LogP contribution in [-0.4, -0.2) is 44.3 Å². The molecule has 7 nitrogen and oxygen atoms in total. The van der Waals surface area contributed by atoms with Crippen LogP contribution >= 0.6 is 0 Å². The van der Waals surface area contributed by atoms with Crippen LogP contribution in [0.25, 0.3) is 0 Å². The normalized spacial score (nSPS) is 13.7. The molecule has 2 aromatic carbocycles. The third-order valence-corrected chi connectivity index (χ3v) is 4.62. The van der Waals surface area contributed by atoms with Gasteiger partial charge in [-0.25, -0.2) is 4.79 Å². The molecule has 0 N–H and O–H groups in total. The summed E-state index contributed by atoms with van der Waals surface area (Å²) in [6.45, 7) is 0.298. The molecule has 1 amide bonds. The SMILES string of the molecule is COC(=O)Cc1ccc(OC)c(Oc2ccc(C(F)(F)F)cc2CN2CCOC2=O)c1. The lowest BCUT2D eigenvalue weighted by atomic mass is 10.1. The van der Waals surface area contributed by atoms with Gasteiger partial charge in [0, 0.05) is 5.56 Å². The van der Waals surface area contributed by atoms with Gasteiger partial charge in [0.2, 0.25) is 0 Å². The van der Waals surface area contributed by atoms with Crippen LogP contribution in [0.1, 0.15) is 16.7 Å². The molecule has 0 atom stereocenters. The molecule has 1 fully saturated rings. The molecule has 0 unspecified atom stereocenters. The number of hydrogen-bond donors (Lipinski definition) is 0. The van der Waals surface area contributed by atoms with Crippen molar-refractivity contribution in [2.24, 2.45) is 0 Å². The number of methoxy groups -OCH3 is 2. The number of ether oxygens (including phenoxy) is 4. The minimum absolute atomic E-state index is 0.0175. The number of nitrogens with zero attached hydrogens (tertiary/aromatic N) is 1. The van der Waals surface area contributed by atoms with Gasteiger partial charge in [0.25, 0.3) is 0 Å². The van der Waals surface area contributed by atoms with Gasteiger partial charge < -0.3 is 23.8 Å². The molecule has 166 valence electrons. The molecular formula is C21H20F3NO6. The molecule has 2 aromatic rings. The zero-order valence-electron chi connectivity index (χ0n) is 16.8. The molecule has 0 aliphatic carbocycles. The van der Waals surface area contributed by atoms with Crippen molar-refractivity contribution < 1.29 is 41.7 Å². The molecule has 1 heterocycles. The maximum atomic E-state index is 13.2. The van der Waals surface area contributed by atoms with Crippen molar-refractivity contribution in [3.63, 3.8) is 0 Å². The lowest BCUT2D eigenvalue weighted by molar-refractivity contribution is -0.140. The number of benzene rings is 2. The summed E-state index contributed by atoms with van der Waals surface area (Å²) in [5, 5.41) is 0.